The maximum absolute atomic E-state index is 5.82. The molecule has 1 aliphatic rings. The van der Waals surface area contributed by atoms with Crippen LogP contribution < -0.4 is 5.73 Å². The molecule has 1 atom stereocenters. The van der Waals surface area contributed by atoms with Crippen LogP contribution in [0.5, 0.6) is 0 Å². The third kappa shape index (κ3) is 1.65. The van der Waals surface area contributed by atoms with E-state index in [9.17, 15) is 0 Å². The lowest BCUT2D eigenvalue weighted by atomic mass is 10.1. The fourth-order valence-electron chi connectivity index (χ4n) is 2.25. The van der Waals surface area contributed by atoms with Gasteiger partial charge in [-0.15, -0.1) is 11.3 Å². The lowest BCUT2D eigenvalue weighted by Gasteiger charge is -2.40. The van der Waals surface area contributed by atoms with E-state index in [0.29, 0.717) is 12.1 Å². The second kappa shape index (κ2) is 3.84. The molecular formula is C13H16N2S. The van der Waals surface area contributed by atoms with E-state index in [1.807, 2.05) is 11.3 Å². The highest BCUT2D eigenvalue weighted by atomic mass is 32.1. The van der Waals surface area contributed by atoms with Crippen LogP contribution in [0.3, 0.4) is 0 Å². The molecule has 3 heteroatoms. The zero-order valence-electron chi connectivity index (χ0n) is 9.39. The highest BCUT2D eigenvalue weighted by Gasteiger charge is 2.28. The summed E-state index contributed by atoms with van der Waals surface area (Å²) in [6.07, 6.45) is 0. The van der Waals surface area contributed by atoms with Crippen LogP contribution in [0.15, 0.2) is 30.3 Å². The number of hydrogen-bond donors (Lipinski definition) is 1. The lowest BCUT2D eigenvalue weighted by molar-refractivity contribution is 0.105. The Labute approximate surface area is 99.7 Å². The Hall–Kier alpha value is -0.900. The SMILES string of the molecule is CC(c1cc2ccccc2s1)N1CC(N)C1. The molecule has 2 aromatic rings. The summed E-state index contributed by atoms with van der Waals surface area (Å²) in [5.74, 6) is 0. The van der Waals surface area contributed by atoms with Crippen molar-refractivity contribution in [3.8, 4) is 0 Å². The van der Waals surface area contributed by atoms with Gasteiger partial charge in [-0.3, -0.25) is 4.90 Å². The van der Waals surface area contributed by atoms with E-state index in [0.717, 1.165) is 13.1 Å². The Kier molecular flexibility index (Phi) is 2.46. The van der Waals surface area contributed by atoms with Crippen LogP contribution in [0.25, 0.3) is 10.1 Å². The average molecular weight is 232 g/mol. The van der Waals surface area contributed by atoms with Crippen LogP contribution >= 0.6 is 11.3 Å². The molecule has 0 radical (unpaired) electrons. The molecular weight excluding hydrogens is 216 g/mol. The van der Waals surface area contributed by atoms with Crippen LogP contribution in [-0.4, -0.2) is 24.0 Å². The first kappa shape index (κ1) is 10.3. The molecule has 84 valence electrons. The fourth-order valence-corrected chi connectivity index (χ4v) is 3.40. The van der Waals surface area contributed by atoms with Crippen LogP contribution in [0.2, 0.25) is 0 Å². The van der Waals surface area contributed by atoms with E-state index < -0.39 is 0 Å². The predicted molar refractivity (Wildman–Crippen MR) is 69.8 cm³/mol. The van der Waals surface area contributed by atoms with Crippen LogP contribution in [0.1, 0.15) is 17.8 Å². The number of fused-ring (bicyclic) bond motifs is 1. The summed E-state index contributed by atoms with van der Waals surface area (Å²) in [5, 5.41) is 1.36. The first-order valence-corrected chi connectivity index (χ1v) is 6.54. The number of benzene rings is 1. The predicted octanol–water partition coefficient (Wildman–Crippen LogP) is 2.61. The van der Waals surface area contributed by atoms with Gasteiger partial charge in [-0.05, 0) is 24.4 Å². The highest BCUT2D eigenvalue weighted by Crippen LogP contribution is 2.33. The third-order valence-electron chi connectivity index (χ3n) is 3.34. The molecule has 1 aromatic carbocycles. The molecule has 0 aliphatic carbocycles. The maximum atomic E-state index is 5.82. The molecule has 0 bridgehead atoms. The van der Waals surface area contributed by atoms with E-state index in [2.05, 4.69) is 42.2 Å². The van der Waals surface area contributed by atoms with Gasteiger partial charge in [0.05, 0.1) is 0 Å². The Bertz CT molecular complexity index is 466. The number of hydrogen-bond acceptors (Lipinski definition) is 3. The van der Waals surface area contributed by atoms with Crippen molar-refractivity contribution in [3.05, 3.63) is 35.2 Å². The third-order valence-corrected chi connectivity index (χ3v) is 4.63. The molecule has 1 saturated heterocycles. The quantitative estimate of drug-likeness (QED) is 0.862. The van der Waals surface area contributed by atoms with Crippen molar-refractivity contribution in [2.45, 2.75) is 19.0 Å². The van der Waals surface area contributed by atoms with E-state index in [1.165, 1.54) is 15.0 Å². The molecule has 3 rings (SSSR count). The first-order chi connectivity index (χ1) is 7.74. The molecule has 0 spiro atoms. The Morgan fingerprint density at radius 3 is 2.81 bits per heavy atom. The molecule has 2 nitrogen and oxygen atoms in total. The van der Waals surface area contributed by atoms with Crippen LogP contribution in [-0.2, 0) is 0 Å². The van der Waals surface area contributed by atoms with Gasteiger partial charge in [0.1, 0.15) is 0 Å². The number of nitrogens with two attached hydrogens (primary N) is 1. The molecule has 2 heterocycles. The number of rotatable bonds is 2. The molecule has 0 saturated carbocycles. The van der Waals surface area contributed by atoms with Crippen molar-refractivity contribution in [2.75, 3.05) is 13.1 Å². The highest BCUT2D eigenvalue weighted by molar-refractivity contribution is 7.19. The summed E-state index contributed by atoms with van der Waals surface area (Å²) in [6, 6.07) is 11.8. The largest absolute Gasteiger partial charge is 0.325 e. The van der Waals surface area contributed by atoms with E-state index >= 15 is 0 Å². The topological polar surface area (TPSA) is 29.3 Å². The van der Waals surface area contributed by atoms with E-state index in [4.69, 9.17) is 5.73 Å². The van der Waals surface area contributed by atoms with Gasteiger partial charge >= 0.3 is 0 Å². The summed E-state index contributed by atoms with van der Waals surface area (Å²) < 4.78 is 1.38. The van der Waals surface area contributed by atoms with Crippen molar-refractivity contribution in [2.24, 2.45) is 5.73 Å². The standard InChI is InChI=1S/C13H16N2S/c1-9(15-7-11(14)8-15)13-6-10-4-2-3-5-12(10)16-13/h2-6,9,11H,7-8,14H2,1H3. The summed E-state index contributed by atoms with van der Waals surface area (Å²) in [5.41, 5.74) is 5.82. The van der Waals surface area contributed by atoms with Gasteiger partial charge in [0.15, 0.2) is 0 Å². The Morgan fingerprint density at radius 2 is 2.12 bits per heavy atom. The number of thiophene rings is 1. The van der Waals surface area contributed by atoms with Crippen molar-refractivity contribution >= 4 is 21.4 Å². The molecule has 0 amide bonds. The van der Waals surface area contributed by atoms with E-state index in [1.54, 1.807) is 0 Å². The minimum Gasteiger partial charge on any atom is -0.325 e. The summed E-state index contributed by atoms with van der Waals surface area (Å²) in [7, 11) is 0. The minimum absolute atomic E-state index is 0.386. The minimum atomic E-state index is 0.386. The average Bonchev–Trinajstić information content (AvgIpc) is 2.67. The van der Waals surface area contributed by atoms with Crippen molar-refractivity contribution in [1.29, 1.82) is 0 Å². The first-order valence-electron chi connectivity index (χ1n) is 5.72. The zero-order valence-corrected chi connectivity index (χ0v) is 10.2. The van der Waals surface area contributed by atoms with Gasteiger partial charge in [0.25, 0.3) is 0 Å². The second-order valence-corrected chi connectivity index (χ2v) is 5.69. The second-order valence-electron chi connectivity index (χ2n) is 4.58. The fraction of sp³-hybridized carbons (Fsp3) is 0.385. The molecule has 1 aliphatic heterocycles. The van der Waals surface area contributed by atoms with Gasteiger partial charge < -0.3 is 5.73 Å². The van der Waals surface area contributed by atoms with Crippen LogP contribution in [0, 0.1) is 0 Å². The summed E-state index contributed by atoms with van der Waals surface area (Å²) in [4.78, 5) is 3.89. The molecule has 2 N–H and O–H groups in total. The zero-order chi connectivity index (χ0) is 11.1. The lowest BCUT2D eigenvalue weighted by Crippen LogP contribution is -2.56. The smallest absolute Gasteiger partial charge is 0.0415 e. The Balaban J connectivity index is 1.88. The van der Waals surface area contributed by atoms with Gasteiger partial charge in [0.2, 0.25) is 0 Å². The van der Waals surface area contributed by atoms with Crippen molar-refractivity contribution in [3.63, 3.8) is 0 Å². The normalized spacial score (nSPS) is 19.9. The summed E-state index contributed by atoms with van der Waals surface area (Å²) >= 11 is 1.90. The molecule has 16 heavy (non-hydrogen) atoms. The van der Waals surface area contributed by atoms with E-state index in [-0.39, 0.29) is 0 Å². The maximum Gasteiger partial charge on any atom is 0.0415 e. The molecule has 1 unspecified atom stereocenters. The van der Waals surface area contributed by atoms with Gasteiger partial charge in [-0.25, -0.2) is 0 Å². The Morgan fingerprint density at radius 1 is 1.38 bits per heavy atom. The van der Waals surface area contributed by atoms with Crippen LogP contribution in [0.4, 0.5) is 0 Å². The van der Waals surface area contributed by atoms with Crippen molar-refractivity contribution in [1.82, 2.24) is 4.90 Å². The van der Waals surface area contributed by atoms with Gasteiger partial charge in [-0.2, -0.15) is 0 Å². The van der Waals surface area contributed by atoms with Gasteiger partial charge in [0, 0.05) is 34.8 Å². The van der Waals surface area contributed by atoms with Gasteiger partial charge in [-0.1, -0.05) is 18.2 Å². The van der Waals surface area contributed by atoms with Crippen molar-refractivity contribution < 1.29 is 0 Å². The monoisotopic (exact) mass is 232 g/mol. The number of nitrogens with zero attached hydrogens (tertiary/aromatic N) is 1. The molecule has 1 aromatic heterocycles. The number of likely N-dealkylation sites (tertiary alicyclic amines) is 1. The summed E-state index contributed by atoms with van der Waals surface area (Å²) in [6.45, 7) is 4.35. The molecule has 1 fully saturated rings.